The van der Waals surface area contributed by atoms with Crippen molar-refractivity contribution < 1.29 is 9.30 Å². The Bertz CT molecular complexity index is 1830. The lowest BCUT2D eigenvalue weighted by molar-refractivity contribution is -0.693. The van der Waals surface area contributed by atoms with Gasteiger partial charge in [0.05, 0.1) is 10.9 Å². The average Bonchev–Trinajstić information content (AvgIpc) is 3.07. The molecule has 33 heavy (non-hydrogen) atoms. The van der Waals surface area contributed by atoms with Gasteiger partial charge >= 0.3 is 0 Å². The number of pyridine rings is 1. The average molecular weight is 425 g/mol. The Morgan fingerprint density at radius 2 is 1.42 bits per heavy atom. The van der Waals surface area contributed by atoms with Crippen molar-refractivity contribution in [2.75, 3.05) is 0 Å². The first kappa shape index (κ1) is 17.6. The van der Waals surface area contributed by atoms with Crippen LogP contribution in [0.25, 0.3) is 54.5 Å². The Hall–Kier alpha value is -3.91. The highest BCUT2D eigenvalue weighted by atomic mass is 16.5. The fourth-order valence-corrected chi connectivity index (χ4v) is 6.24. The Labute approximate surface area is 191 Å². The molecule has 2 heterocycles. The summed E-state index contributed by atoms with van der Waals surface area (Å²) in [7, 11) is 0. The first-order valence-corrected chi connectivity index (χ1v) is 11.6. The van der Waals surface area contributed by atoms with Crippen molar-refractivity contribution in [2.45, 2.75) is 26.0 Å². The second-order valence-electron chi connectivity index (χ2n) is 10.0. The molecular weight excluding hydrogens is 402 g/mol. The molecular formula is C31H22NO+. The van der Waals surface area contributed by atoms with Gasteiger partial charge in [-0.05, 0) is 62.8 Å². The molecule has 6 aromatic rings. The lowest BCUT2D eigenvalue weighted by Crippen LogP contribution is -2.43. The van der Waals surface area contributed by atoms with Gasteiger partial charge in [-0.3, -0.25) is 0 Å². The van der Waals surface area contributed by atoms with Gasteiger partial charge in [-0.15, -0.1) is 0 Å². The number of aromatic nitrogens is 1. The molecule has 2 nitrogen and oxygen atoms in total. The maximum Gasteiger partial charge on any atom is 0.293 e. The molecule has 0 radical (unpaired) electrons. The Morgan fingerprint density at radius 3 is 2.27 bits per heavy atom. The van der Waals surface area contributed by atoms with Crippen LogP contribution in [-0.4, -0.2) is 0 Å². The summed E-state index contributed by atoms with van der Waals surface area (Å²) in [5.41, 5.74) is 6.50. The lowest BCUT2D eigenvalue weighted by atomic mass is 9.81. The minimum absolute atomic E-state index is 0.0974. The number of fused-ring (bicyclic) bond motifs is 7. The minimum atomic E-state index is -0.0974. The molecule has 1 aliphatic heterocycles. The van der Waals surface area contributed by atoms with Crippen molar-refractivity contribution in [2.24, 2.45) is 0 Å². The van der Waals surface area contributed by atoms with Crippen LogP contribution in [0.5, 0.6) is 5.75 Å². The van der Waals surface area contributed by atoms with Gasteiger partial charge in [0.1, 0.15) is 5.75 Å². The van der Waals surface area contributed by atoms with Gasteiger partial charge < -0.3 is 4.74 Å². The van der Waals surface area contributed by atoms with Crippen molar-refractivity contribution in [1.29, 1.82) is 0 Å². The quantitative estimate of drug-likeness (QED) is 0.142. The zero-order chi connectivity index (χ0) is 21.9. The molecule has 2 heteroatoms. The van der Waals surface area contributed by atoms with E-state index >= 15 is 0 Å². The van der Waals surface area contributed by atoms with Gasteiger partial charge in [0.25, 0.3) is 6.73 Å². The molecule has 0 atom stereocenters. The largest absolute Gasteiger partial charge is 0.434 e. The van der Waals surface area contributed by atoms with Crippen molar-refractivity contribution in [1.82, 2.24) is 0 Å². The van der Waals surface area contributed by atoms with E-state index in [1.807, 2.05) is 0 Å². The molecule has 1 aliphatic carbocycles. The third-order valence-corrected chi connectivity index (χ3v) is 7.93. The third kappa shape index (κ3) is 2.07. The first-order chi connectivity index (χ1) is 16.1. The van der Waals surface area contributed by atoms with E-state index in [-0.39, 0.29) is 5.41 Å². The van der Waals surface area contributed by atoms with Gasteiger partial charge in [0, 0.05) is 22.4 Å². The van der Waals surface area contributed by atoms with Gasteiger partial charge in [-0.2, -0.15) is 4.57 Å². The molecule has 0 unspecified atom stereocenters. The summed E-state index contributed by atoms with van der Waals surface area (Å²) >= 11 is 0. The van der Waals surface area contributed by atoms with Gasteiger partial charge in [-0.25, -0.2) is 0 Å². The molecule has 0 N–H and O–H groups in total. The molecule has 1 aromatic heterocycles. The second-order valence-corrected chi connectivity index (χ2v) is 10.0. The zero-order valence-electron chi connectivity index (χ0n) is 18.6. The van der Waals surface area contributed by atoms with Crippen molar-refractivity contribution in [3.8, 4) is 17.0 Å². The molecule has 0 amide bonds. The molecule has 8 rings (SSSR count). The van der Waals surface area contributed by atoms with Crippen LogP contribution >= 0.6 is 0 Å². The van der Waals surface area contributed by atoms with Crippen molar-refractivity contribution in [3.63, 3.8) is 0 Å². The van der Waals surface area contributed by atoms with E-state index in [0.29, 0.717) is 6.73 Å². The summed E-state index contributed by atoms with van der Waals surface area (Å²) in [5.74, 6) is 1.04. The van der Waals surface area contributed by atoms with Crippen LogP contribution in [0.1, 0.15) is 25.0 Å². The van der Waals surface area contributed by atoms with Crippen molar-refractivity contribution >= 4 is 43.2 Å². The van der Waals surface area contributed by atoms with E-state index in [1.165, 1.54) is 65.6 Å². The summed E-state index contributed by atoms with van der Waals surface area (Å²) in [6.07, 6.45) is 0. The van der Waals surface area contributed by atoms with Crippen LogP contribution < -0.4 is 9.30 Å². The molecule has 0 fully saturated rings. The van der Waals surface area contributed by atoms with Gasteiger partial charge in [0.2, 0.25) is 11.2 Å². The van der Waals surface area contributed by atoms with E-state index in [1.54, 1.807) is 0 Å². The van der Waals surface area contributed by atoms with Crippen LogP contribution in [-0.2, 0) is 12.1 Å². The van der Waals surface area contributed by atoms with Gasteiger partial charge in [0.15, 0.2) is 0 Å². The summed E-state index contributed by atoms with van der Waals surface area (Å²) in [6, 6.07) is 31.2. The third-order valence-electron chi connectivity index (χ3n) is 7.93. The number of rotatable bonds is 0. The monoisotopic (exact) mass is 424 g/mol. The SMILES string of the molecule is CC1(C)c2cc3cc4ccccc4cc3c3c2-c2c1cc1c4ccccc4ccc1[n+]2CO3. The normalized spacial score (nSPS) is 15.3. The minimum Gasteiger partial charge on any atom is -0.434 e. The van der Waals surface area contributed by atoms with Crippen LogP contribution in [0, 0.1) is 0 Å². The molecule has 0 spiro atoms. The fraction of sp³-hybridized carbons (Fsp3) is 0.129. The highest BCUT2D eigenvalue weighted by molar-refractivity contribution is 6.09. The number of hydrogen-bond donors (Lipinski definition) is 0. The fourth-order valence-electron chi connectivity index (χ4n) is 6.24. The lowest BCUT2D eigenvalue weighted by Gasteiger charge is -2.21. The Kier molecular flexibility index (Phi) is 3.05. The summed E-state index contributed by atoms with van der Waals surface area (Å²) < 4.78 is 9.00. The second kappa shape index (κ2) is 5.71. The summed E-state index contributed by atoms with van der Waals surface area (Å²) in [6.45, 7) is 5.26. The van der Waals surface area contributed by atoms with E-state index in [0.717, 1.165) is 5.75 Å². The molecule has 2 aliphatic rings. The highest BCUT2D eigenvalue weighted by Crippen LogP contribution is 2.55. The molecule has 5 aromatic carbocycles. The van der Waals surface area contributed by atoms with E-state index < -0.39 is 0 Å². The number of nitrogens with zero attached hydrogens (tertiary/aromatic N) is 1. The summed E-state index contributed by atoms with van der Waals surface area (Å²) in [5, 5.41) is 8.87. The molecule has 0 bridgehead atoms. The predicted octanol–water partition coefficient (Wildman–Crippen LogP) is 7.24. The van der Waals surface area contributed by atoms with E-state index in [2.05, 4.69) is 103 Å². The Balaban J connectivity index is 1.55. The molecule has 0 saturated carbocycles. The van der Waals surface area contributed by atoms with Crippen molar-refractivity contribution in [3.05, 3.63) is 96.1 Å². The maximum absolute atomic E-state index is 6.60. The molecule has 156 valence electrons. The first-order valence-electron chi connectivity index (χ1n) is 11.6. The highest BCUT2D eigenvalue weighted by Gasteiger charge is 2.47. The smallest absolute Gasteiger partial charge is 0.293 e. The van der Waals surface area contributed by atoms with Crippen LogP contribution in [0.3, 0.4) is 0 Å². The topological polar surface area (TPSA) is 13.1 Å². The Morgan fingerprint density at radius 1 is 0.667 bits per heavy atom. The number of ether oxygens (including phenoxy) is 1. The van der Waals surface area contributed by atoms with Gasteiger partial charge in [-0.1, -0.05) is 62.4 Å². The van der Waals surface area contributed by atoms with E-state index in [9.17, 15) is 0 Å². The molecule has 0 saturated heterocycles. The zero-order valence-corrected chi connectivity index (χ0v) is 18.6. The van der Waals surface area contributed by atoms with E-state index in [4.69, 9.17) is 4.74 Å². The van der Waals surface area contributed by atoms with Crippen LogP contribution in [0.4, 0.5) is 0 Å². The summed E-state index contributed by atoms with van der Waals surface area (Å²) in [4.78, 5) is 0. The van der Waals surface area contributed by atoms with Crippen LogP contribution in [0.2, 0.25) is 0 Å². The van der Waals surface area contributed by atoms with Crippen LogP contribution in [0.15, 0.2) is 84.9 Å². The maximum atomic E-state index is 6.60. The number of hydrogen-bond acceptors (Lipinski definition) is 1. The predicted molar refractivity (Wildman–Crippen MR) is 135 cm³/mol. The number of benzene rings is 5. The standard InChI is InChI=1S/C31H22NO/c1-31(2)25-15-21-13-19-8-3-4-9-20(19)14-23(21)30-28(25)29-26(31)16-24-22-10-6-5-7-18(22)11-12-27(24)32(29)17-33-30/h3-16H,17H2,1-2H3/q+1.